The molecule has 0 aliphatic carbocycles. The van der Waals surface area contributed by atoms with Gasteiger partial charge in [0.15, 0.2) is 12.6 Å². The molecule has 0 radical (unpaired) electrons. The number of anilines is 1. The topological polar surface area (TPSA) is 81.7 Å². The lowest BCUT2D eigenvalue weighted by Crippen LogP contribution is -2.56. The van der Waals surface area contributed by atoms with Crippen LogP contribution in [0.3, 0.4) is 0 Å². The van der Waals surface area contributed by atoms with Crippen LogP contribution in [0.25, 0.3) is 0 Å². The smallest absolute Gasteiger partial charge is 0.362 e. The van der Waals surface area contributed by atoms with E-state index in [4.69, 9.17) is 9.47 Å². The van der Waals surface area contributed by atoms with Gasteiger partial charge in [-0.1, -0.05) is 37.3 Å². The first-order valence-corrected chi connectivity index (χ1v) is 10.3. The van der Waals surface area contributed by atoms with Gasteiger partial charge in [-0.15, -0.1) is 0 Å². The van der Waals surface area contributed by atoms with Gasteiger partial charge < -0.3 is 19.3 Å². The molecule has 0 aromatic heterocycles. The number of ether oxygens (including phenoxy) is 2. The van der Waals surface area contributed by atoms with Gasteiger partial charge in [0.1, 0.15) is 12.4 Å². The first-order valence-electron chi connectivity index (χ1n) is 10.3. The van der Waals surface area contributed by atoms with E-state index in [1.54, 1.807) is 21.0 Å². The average Bonchev–Trinajstić information content (AvgIpc) is 2.74. The van der Waals surface area contributed by atoms with Crippen molar-refractivity contribution in [2.45, 2.75) is 32.9 Å². The lowest BCUT2D eigenvalue weighted by Gasteiger charge is -2.35. The summed E-state index contributed by atoms with van der Waals surface area (Å²) in [6.07, 6.45) is 0.429. The van der Waals surface area contributed by atoms with Gasteiger partial charge in [0, 0.05) is 6.42 Å². The molecule has 0 spiro atoms. The second-order valence-electron chi connectivity index (χ2n) is 8.13. The van der Waals surface area contributed by atoms with Crippen LogP contribution in [0.2, 0.25) is 0 Å². The van der Waals surface area contributed by atoms with Gasteiger partial charge in [-0.05, 0) is 30.2 Å². The number of hydrogen-bond acceptors (Lipinski definition) is 5. The standard InChI is InChI=1S/C24H29FN2O5/c1-6-20(27(3,4)14-21(28)32-15-17-10-8-7-9-11-17)23(29)26-22-16(2)12-18(25)13-19(22)24(30)31-5/h7-13,20H,6,14-15H2,1-5H3/p+1. The highest BCUT2D eigenvalue weighted by atomic mass is 19.1. The van der Waals surface area contributed by atoms with E-state index < -0.39 is 29.7 Å². The zero-order valence-corrected chi connectivity index (χ0v) is 19.1. The van der Waals surface area contributed by atoms with Gasteiger partial charge in [-0.25, -0.2) is 14.0 Å². The molecule has 2 aromatic rings. The van der Waals surface area contributed by atoms with Crippen LogP contribution in [0.4, 0.5) is 10.1 Å². The number of quaternary nitrogens is 1. The third-order valence-corrected chi connectivity index (χ3v) is 5.27. The molecular weight excluding hydrogens is 415 g/mol. The summed E-state index contributed by atoms with van der Waals surface area (Å²) in [5.41, 5.74) is 1.38. The molecule has 1 unspecified atom stereocenters. The van der Waals surface area contributed by atoms with Gasteiger partial charge in [-0.2, -0.15) is 0 Å². The van der Waals surface area contributed by atoms with Crippen LogP contribution in [0.1, 0.15) is 34.8 Å². The molecule has 32 heavy (non-hydrogen) atoms. The van der Waals surface area contributed by atoms with Crippen LogP contribution in [-0.4, -0.2) is 56.1 Å². The highest BCUT2D eigenvalue weighted by molar-refractivity contribution is 6.03. The molecule has 0 aliphatic rings. The maximum atomic E-state index is 13.8. The number of aryl methyl sites for hydroxylation is 1. The van der Waals surface area contributed by atoms with Crippen LogP contribution in [0, 0.1) is 12.7 Å². The molecule has 1 atom stereocenters. The number of carbonyl (C=O) groups is 3. The fraction of sp³-hybridized carbons (Fsp3) is 0.375. The van der Waals surface area contributed by atoms with Gasteiger partial charge in [0.25, 0.3) is 5.91 Å². The number of esters is 2. The van der Waals surface area contributed by atoms with E-state index in [2.05, 4.69) is 5.32 Å². The number of methoxy groups -OCH3 is 1. The Hall–Kier alpha value is -3.26. The van der Waals surface area contributed by atoms with Crippen molar-refractivity contribution in [3.05, 3.63) is 65.0 Å². The fourth-order valence-electron chi connectivity index (χ4n) is 3.61. The second kappa shape index (κ2) is 10.9. The molecule has 1 amide bonds. The van der Waals surface area contributed by atoms with E-state index in [0.29, 0.717) is 12.0 Å². The molecule has 0 heterocycles. The third-order valence-electron chi connectivity index (χ3n) is 5.27. The van der Waals surface area contributed by atoms with Crippen molar-refractivity contribution in [3.63, 3.8) is 0 Å². The Morgan fingerprint density at radius 2 is 1.78 bits per heavy atom. The Kier molecular flexibility index (Phi) is 8.48. The Morgan fingerprint density at radius 3 is 2.38 bits per heavy atom. The molecule has 0 fully saturated rings. The van der Waals surface area contributed by atoms with Gasteiger partial charge in [0.05, 0.1) is 32.5 Å². The number of rotatable bonds is 9. The van der Waals surface area contributed by atoms with Crippen molar-refractivity contribution in [1.29, 1.82) is 0 Å². The number of nitrogens with one attached hydrogen (secondary N) is 1. The predicted octanol–water partition coefficient (Wildman–Crippen LogP) is 3.46. The van der Waals surface area contributed by atoms with E-state index in [-0.39, 0.29) is 28.9 Å². The zero-order chi connectivity index (χ0) is 23.9. The number of likely N-dealkylation sites (N-methyl/N-ethyl adjacent to an activating group) is 1. The maximum Gasteiger partial charge on any atom is 0.362 e. The number of nitrogens with zero attached hydrogens (tertiary/aromatic N) is 1. The minimum Gasteiger partial charge on any atom is -0.465 e. The normalized spacial score (nSPS) is 12.1. The highest BCUT2D eigenvalue weighted by Crippen LogP contribution is 2.25. The van der Waals surface area contributed by atoms with Gasteiger partial charge in [-0.3, -0.25) is 4.79 Å². The number of hydrogen-bond donors (Lipinski definition) is 1. The quantitative estimate of drug-likeness (QED) is 0.472. The molecule has 0 saturated carbocycles. The summed E-state index contributed by atoms with van der Waals surface area (Å²) in [6, 6.07) is 11.0. The predicted molar refractivity (Wildman–Crippen MR) is 118 cm³/mol. The first kappa shape index (κ1) is 25.0. The summed E-state index contributed by atoms with van der Waals surface area (Å²) in [7, 11) is 4.70. The molecule has 7 nitrogen and oxygen atoms in total. The van der Waals surface area contributed by atoms with Crippen molar-refractivity contribution < 1.29 is 32.7 Å². The maximum absolute atomic E-state index is 13.8. The van der Waals surface area contributed by atoms with Crippen molar-refractivity contribution in [1.82, 2.24) is 0 Å². The largest absolute Gasteiger partial charge is 0.465 e. The minimum absolute atomic E-state index is 0.0228. The summed E-state index contributed by atoms with van der Waals surface area (Å²) >= 11 is 0. The Balaban J connectivity index is 2.14. The van der Waals surface area contributed by atoms with E-state index >= 15 is 0 Å². The lowest BCUT2D eigenvalue weighted by atomic mass is 10.1. The molecule has 172 valence electrons. The van der Waals surface area contributed by atoms with Crippen LogP contribution >= 0.6 is 0 Å². The minimum atomic E-state index is -0.755. The van der Waals surface area contributed by atoms with Gasteiger partial charge >= 0.3 is 11.9 Å². The number of carbonyl (C=O) groups excluding carboxylic acids is 3. The molecule has 2 rings (SSSR count). The molecule has 0 bridgehead atoms. The summed E-state index contributed by atoms with van der Waals surface area (Å²) in [6.45, 7) is 3.55. The Labute approximate surface area is 187 Å². The summed E-state index contributed by atoms with van der Waals surface area (Å²) in [5, 5.41) is 2.74. The Morgan fingerprint density at radius 1 is 1.12 bits per heavy atom. The third kappa shape index (κ3) is 6.37. The zero-order valence-electron chi connectivity index (χ0n) is 19.1. The number of amides is 1. The lowest BCUT2D eigenvalue weighted by molar-refractivity contribution is -0.898. The molecule has 0 aliphatic heterocycles. The van der Waals surface area contributed by atoms with Crippen molar-refractivity contribution in [2.75, 3.05) is 33.1 Å². The number of halogens is 1. The Bertz CT molecular complexity index is 976. The average molecular weight is 446 g/mol. The fourth-order valence-corrected chi connectivity index (χ4v) is 3.61. The second-order valence-corrected chi connectivity index (χ2v) is 8.13. The SMILES string of the molecule is CCC(C(=O)Nc1c(C)cc(F)cc1C(=O)OC)[N+](C)(C)CC(=O)OCc1ccccc1. The van der Waals surface area contributed by atoms with Gasteiger partial charge in [0.2, 0.25) is 0 Å². The molecule has 0 saturated heterocycles. The monoisotopic (exact) mass is 445 g/mol. The van der Waals surface area contributed by atoms with E-state index in [1.807, 2.05) is 37.3 Å². The van der Waals surface area contributed by atoms with E-state index in [0.717, 1.165) is 11.6 Å². The van der Waals surface area contributed by atoms with E-state index in [9.17, 15) is 18.8 Å². The molecule has 2 aromatic carbocycles. The molecular formula is C24H30FN2O5+. The van der Waals surface area contributed by atoms with Crippen LogP contribution < -0.4 is 5.32 Å². The number of benzene rings is 2. The van der Waals surface area contributed by atoms with E-state index in [1.165, 1.54) is 13.2 Å². The van der Waals surface area contributed by atoms with Crippen LogP contribution in [-0.2, 0) is 25.7 Å². The van der Waals surface area contributed by atoms with Crippen LogP contribution in [0.5, 0.6) is 0 Å². The van der Waals surface area contributed by atoms with Crippen molar-refractivity contribution in [2.24, 2.45) is 0 Å². The summed E-state index contributed by atoms with van der Waals surface area (Å²) in [5.74, 6) is -2.19. The summed E-state index contributed by atoms with van der Waals surface area (Å²) < 4.78 is 23.9. The van der Waals surface area contributed by atoms with Crippen LogP contribution in [0.15, 0.2) is 42.5 Å². The van der Waals surface area contributed by atoms with Crippen molar-refractivity contribution >= 4 is 23.5 Å². The van der Waals surface area contributed by atoms with Crippen molar-refractivity contribution in [3.8, 4) is 0 Å². The molecule has 8 heteroatoms. The highest BCUT2D eigenvalue weighted by Gasteiger charge is 2.36. The summed E-state index contributed by atoms with van der Waals surface area (Å²) in [4.78, 5) is 37.6. The first-order chi connectivity index (χ1) is 15.1. The molecule has 1 N–H and O–H groups in total.